The van der Waals surface area contributed by atoms with Crippen LogP contribution >= 0.6 is 0 Å². The number of hydrogen-bond donors (Lipinski definition) is 0. The second-order valence-electron chi connectivity index (χ2n) is 7.22. The van der Waals surface area contributed by atoms with Crippen molar-refractivity contribution in [1.82, 2.24) is 19.5 Å². The Morgan fingerprint density at radius 2 is 1.63 bits per heavy atom. The molecule has 0 bridgehead atoms. The molecule has 0 spiro atoms. The summed E-state index contributed by atoms with van der Waals surface area (Å²) in [4.78, 5) is 21.3. The summed E-state index contributed by atoms with van der Waals surface area (Å²) in [5.41, 5.74) is 3.48. The van der Waals surface area contributed by atoms with Crippen molar-refractivity contribution in [1.29, 1.82) is 0 Å². The van der Waals surface area contributed by atoms with Crippen LogP contribution in [0, 0.1) is 5.82 Å². The molecule has 0 N–H and O–H groups in total. The van der Waals surface area contributed by atoms with Crippen LogP contribution in [0.3, 0.4) is 0 Å². The van der Waals surface area contributed by atoms with Crippen molar-refractivity contribution in [2.75, 3.05) is 31.1 Å². The molecule has 1 fully saturated rings. The van der Waals surface area contributed by atoms with Crippen LogP contribution < -0.4 is 4.90 Å². The first-order valence-electron chi connectivity index (χ1n) is 9.89. The summed E-state index contributed by atoms with van der Waals surface area (Å²) in [5.74, 6) is -0.339. The molecular formula is C23H20FN5O. The standard InChI is InChI=1S/C23H20FN5O/c24-19-8-4-5-9-21(19)27-12-14-28(15-13-27)23(30)18-16-26-29-20(10-11-25-22(18)29)17-6-2-1-3-7-17/h1-11,16H,12-15H2. The lowest BCUT2D eigenvalue weighted by molar-refractivity contribution is 0.0748. The molecule has 0 aliphatic carbocycles. The highest BCUT2D eigenvalue weighted by Crippen LogP contribution is 2.23. The number of carbonyl (C=O) groups excluding carboxylic acids is 1. The summed E-state index contributed by atoms with van der Waals surface area (Å²) < 4.78 is 15.8. The second-order valence-corrected chi connectivity index (χ2v) is 7.22. The molecule has 7 heteroatoms. The zero-order chi connectivity index (χ0) is 20.5. The van der Waals surface area contributed by atoms with Crippen LogP contribution in [0.4, 0.5) is 10.1 Å². The quantitative estimate of drug-likeness (QED) is 0.527. The number of nitrogens with zero attached hydrogens (tertiary/aromatic N) is 5. The fourth-order valence-electron chi connectivity index (χ4n) is 3.90. The maximum Gasteiger partial charge on any atom is 0.259 e. The molecule has 1 aliphatic rings. The van der Waals surface area contributed by atoms with E-state index in [0.717, 1.165) is 11.3 Å². The minimum absolute atomic E-state index is 0.101. The van der Waals surface area contributed by atoms with E-state index >= 15 is 0 Å². The Bertz CT molecular complexity index is 1200. The van der Waals surface area contributed by atoms with Gasteiger partial charge in [-0.2, -0.15) is 5.10 Å². The fraction of sp³-hybridized carbons (Fsp3) is 0.174. The number of amides is 1. The van der Waals surface area contributed by atoms with E-state index < -0.39 is 0 Å². The third-order valence-electron chi connectivity index (χ3n) is 5.46. The number of carbonyl (C=O) groups is 1. The Morgan fingerprint density at radius 1 is 0.900 bits per heavy atom. The Kier molecular flexibility index (Phi) is 4.63. The molecule has 4 aromatic rings. The van der Waals surface area contributed by atoms with Crippen molar-refractivity contribution in [2.45, 2.75) is 0 Å². The molecule has 150 valence electrons. The van der Waals surface area contributed by atoms with Crippen molar-refractivity contribution >= 4 is 17.2 Å². The normalized spacial score (nSPS) is 14.3. The number of fused-ring (bicyclic) bond motifs is 1. The number of halogens is 1. The first-order valence-corrected chi connectivity index (χ1v) is 9.89. The average molecular weight is 401 g/mol. The molecule has 0 unspecified atom stereocenters. The first-order chi connectivity index (χ1) is 14.7. The number of anilines is 1. The summed E-state index contributed by atoms with van der Waals surface area (Å²) >= 11 is 0. The molecule has 5 rings (SSSR count). The Hall–Kier alpha value is -3.74. The highest BCUT2D eigenvalue weighted by molar-refractivity contribution is 6.00. The number of benzene rings is 2. The van der Waals surface area contributed by atoms with Gasteiger partial charge in [0.15, 0.2) is 5.65 Å². The number of hydrogen-bond acceptors (Lipinski definition) is 4. The molecule has 2 aromatic heterocycles. The lowest BCUT2D eigenvalue weighted by atomic mass is 10.1. The third-order valence-corrected chi connectivity index (χ3v) is 5.46. The highest BCUT2D eigenvalue weighted by Gasteiger charge is 2.26. The summed E-state index contributed by atoms with van der Waals surface area (Å²) in [6.45, 7) is 2.19. The van der Waals surface area contributed by atoms with Gasteiger partial charge >= 0.3 is 0 Å². The smallest absolute Gasteiger partial charge is 0.259 e. The van der Waals surface area contributed by atoms with E-state index in [2.05, 4.69) is 10.1 Å². The molecule has 2 aromatic carbocycles. The lowest BCUT2D eigenvalue weighted by Gasteiger charge is -2.36. The maximum absolute atomic E-state index is 14.1. The SMILES string of the molecule is O=C(c1cnn2c(-c3ccccc3)ccnc12)N1CCN(c2ccccc2F)CC1. The molecule has 30 heavy (non-hydrogen) atoms. The summed E-state index contributed by atoms with van der Waals surface area (Å²) in [6.07, 6.45) is 3.28. The monoisotopic (exact) mass is 401 g/mol. The van der Waals surface area contributed by atoms with Crippen LogP contribution in [-0.2, 0) is 0 Å². The van der Waals surface area contributed by atoms with E-state index in [4.69, 9.17) is 0 Å². The van der Waals surface area contributed by atoms with Gasteiger partial charge in [-0.3, -0.25) is 4.79 Å². The minimum atomic E-state index is -0.238. The minimum Gasteiger partial charge on any atom is -0.366 e. The summed E-state index contributed by atoms with van der Waals surface area (Å²) in [5, 5.41) is 4.43. The maximum atomic E-state index is 14.1. The Morgan fingerprint density at radius 3 is 2.40 bits per heavy atom. The zero-order valence-corrected chi connectivity index (χ0v) is 16.3. The van der Waals surface area contributed by atoms with Gasteiger partial charge in [0.2, 0.25) is 0 Å². The van der Waals surface area contributed by atoms with Gasteiger partial charge in [0.25, 0.3) is 5.91 Å². The number of piperazine rings is 1. The van der Waals surface area contributed by atoms with Gasteiger partial charge in [0.1, 0.15) is 11.4 Å². The van der Waals surface area contributed by atoms with Gasteiger partial charge in [-0.1, -0.05) is 42.5 Å². The second kappa shape index (κ2) is 7.59. The molecule has 1 amide bonds. The zero-order valence-electron chi connectivity index (χ0n) is 16.3. The predicted molar refractivity (Wildman–Crippen MR) is 113 cm³/mol. The number of aromatic nitrogens is 3. The van der Waals surface area contributed by atoms with Crippen LogP contribution in [0.2, 0.25) is 0 Å². The molecule has 6 nitrogen and oxygen atoms in total. The van der Waals surface area contributed by atoms with Crippen LogP contribution in [0.5, 0.6) is 0 Å². The lowest BCUT2D eigenvalue weighted by Crippen LogP contribution is -2.49. The Balaban J connectivity index is 1.38. The molecular weight excluding hydrogens is 381 g/mol. The van der Waals surface area contributed by atoms with Gasteiger partial charge in [-0.25, -0.2) is 13.9 Å². The predicted octanol–water partition coefficient (Wildman–Crippen LogP) is 3.50. The topological polar surface area (TPSA) is 53.7 Å². The van der Waals surface area contributed by atoms with Crippen molar-refractivity contribution in [2.24, 2.45) is 0 Å². The van der Waals surface area contributed by atoms with Gasteiger partial charge in [0.05, 0.1) is 17.6 Å². The molecule has 1 aliphatic heterocycles. The number of rotatable bonds is 3. The van der Waals surface area contributed by atoms with Gasteiger partial charge < -0.3 is 9.80 Å². The molecule has 1 saturated heterocycles. The number of para-hydroxylation sites is 1. The molecule has 3 heterocycles. The van der Waals surface area contributed by atoms with Crippen LogP contribution in [-0.4, -0.2) is 51.6 Å². The van der Waals surface area contributed by atoms with Gasteiger partial charge in [0, 0.05) is 37.9 Å². The van der Waals surface area contributed by atoms with Gasteiger partial charge in [-0.05, 0) is 18.2 Å². The van der Waals surface area contributed by atoms with E-state index in [-0.39, 0.29) is 11.7 Å². The fourth-order valence-corrected chi connectivity index (χ4v) is 3.90. The Labute approximate surface area is 173 Å². The van der Waals surface area contributed by atoms with Crippen molar-refractivity contribution in [3.05, 3.63) is 84.4 Å². The van der Waals surface area contributed by atoms with Crippen LogP contribution in [0.15, 0.2) is 73.1 Å². The summed E-state index contributed by atoms with van der Waals surface area (Å²) in [7, 11) is 0. The molecule has 0 atom stereocenters. The van der Waals surface area contributed by atoms with Crippen molar-refractivity contribution in [3.63, 3.8) is 0 Å². The largest absolute Gasteiger partial charge is 0.366 e. The van der Waals surface area contributed by atoms with E-state index in [0.29, 0.717) is 43.1 Å². The highest BCUT2D eigenvalue weighted by atomic mass is 19.1. The third kappa shape index (κ3) is 3.18. The van der Waals surface area contributed by atoms with E-state index in [1.54, 1.807) is 33.9 Å². The average Bonchev–Trinajstić information content (AvgIpc) is 3.24. The first kappa shape index (κ1) is 18.3. The molecule has 0 radical (unpaired) electrons. The summed E-state index contributed by atoms with van der Waals surface area (Å²) in [6, 6.07) is 18.5. The van der Waals surface area contributed by atoms with Crippen molar-refractivity contribution in [3.8, 4) is 11.3 Å². The van der Waals surface area contributed by atoms with Crippen LogP contribution in [0.1, 0.15) is 10.4 Å². The van der Waals surface area contributed by atoms with E-state index in [1.807, 2.05) is 47.4 Å². The van der Waals surface area contributed by atoms with E-state index in [1.165, 1.54) is 6.07 Å². The van der Waals surface area contributed by atoms with Crippen LogP contribution in [0.25, 0.3) is 16.9 Å². The van der Waals surface area contributed by atoms with Gasteiger partial charge in [-0.15, -0.1) is 0 Å². The molecule has 0 saturated carbocycles. The van der Waals surface area contributed by atoms with E-state index in [9.17, 15) is 9.18 Å². The van der Waals surface area contributed by atoms with Crippen molar-refractivity contribution < 1.29 is 9.18 Å².